The Hall–Kier alpha value is -3.40. The molecule has 0 spiro atoms. The van der Waals surface area contributed by atoms with Gasteiger partial charge in [0.15, 0.2) is 5.65 Å². The van der Waals surface area contributed by atoms with Crippen molar-refractivity contribution >= 4 is 22.9 Å². The third kappa shape index (κ3) is 4.38. The predicted octanol–water partition coefficient (Wildman–Crippen LogP) is 6.06. The maximum Gasteiger partial charge on any atom is 0.278 e. The maximum absolute atomic E-state index is 13.6. The van der Waals surface area contributed by atoms with Crippen LogP contribution in [0.25, 0.3) is 28.6 Å². The van der Waals surface area contributed by atoms with Crippen LogP contribution in [0, 0.1) is 17.0 Å². The number of non-ortho nitro benzene ring substituents is 1. The maximum atomic E-state index is 13.6. The van der Waals surface area contributed by atoms with Crippen molar-refractivity contribution in [3.8, 4) is 23.0 Å². The molecule has 0 N–H and O–H groups in total. The van der Waals surface area contributed by atoms with E-state index in [1.54, 1.807) is 6.92 Å². The summed E-state index contributed by atoms with van der Waals surface area (Å²) in [7, 11) is 0. The first-order chi connectivity index (χ1) is 14.6. The van der Waals surface area contributed by atoms with Crippen LogP contribution in [-0.4, -0.2) is 24.4 Å². The average molecular weight is 450 g/mol. The molecule has 162 valence electrons. The van der Waals surface area contributed by atoms with Crippen LogP contribution in [-0.2, 0) is 5.92 Å². The zero-order chi connectivity index (χ0) is 22.9. The molecule has 31 heavy (non-hydrogen) atoms. The van der Waals surface area contributed by atoms with E-state index in [2.05, 4.69) is 15.1 Å². The molecule has 0 unspecified atom stereocenters. The standard InChI is InChI=1S/C18H12ClF2N5O3.C2H6/c1-9-5-11(26(27)28)3-4-12(9)15-23-17(29-24-15)14-8-25-7-10(18(2,20)21)6-13(19)16(25)22-14;1-2/h3-8H,1-2H3;1-2H3. The van der Waals surface area contributed by atoms with E-state index in [1.807, 2.05) is 13.8 Å². The van der Waals surface area contributed by atoms with Gasteiger partial charge in [-0.15, -0.1) is 0 Å². The summed E-state index contributed by atoms with van der Waals surface area (Å²) >= 11 is 6.09. The molecule has 3 heterocycles. The van der Waals surface area contributed by atoms with Crippen LogP contribution < -0.4 is 0 Å². The normalized spacial score (nSPS) is 11.3. The number of pyridine rings is 1. The van der Waals surface area contributed by atoms with Crippen molar-refractivity contribution in [2.75, 3.05) is 0 Å². The number of nitrogens with zero attached hydrogens (tertiary/aromatic N) is 5. The van der Waals surface area contributed by atoms with E-state index in [0.29, 0.717) is 11.1 Å². The number of hydrogen-bond donors (Lipinski definition) is 0. The fourth-order valence-electron chi connectivity index (χ4n) is 2.85. The van der Waals surface area contributed by atoms with Crippen LogP contribution in [0.5, 0.6) is 0 Å². The highest BCUT2D eigenvalue weighted by Crippen LogP contribution is 2.32. The number of nitro benzene ring substituents is 1. The van der Waals surface area contributed by atoms with Crippen molar-refractivity contribution in [3.05, 3.63) is 62.9 Å². The number of aromatic nitrogens is 4. The molecule has 0 saturated heterocycles. The summed E-state index contributed by atoms with van der Waals surface area (Å²) in [6, 6.07) is 5.43. The Kier molecular flexibility index (Phi) is 6.03. The molecule has 0 amide bonds. The molecule has 0 radical (unpaired) electrons. The van der Waals surface area contributed by atoms with Crippen LogP contribution in [0.15, 0.2) is 41.2 Å². The highest BCUT2D eigenvalue weighted by atomic mass is 35.5. The molecule has 3 aromatic heterocycles. The molecular weight excluding hydrogens is 432 g/mol. The fourth-order valence-corrected chi connectivity index (χ4v) is 3.11. The van der Waals surface area contributed by atoms with Crippen molar-refractivity contribution in [1.82, 2.24) is 19.5 Å². The second kappa shape index (κ2) is 8.38. The van der Waals surface area contributed by atoms with Gasteiger partial charge in [-0.25, -0.2) is 13.8 Å². The zero-order valence-electron chi connectivity index (χ0n) is 17.1. The molecule has 0 aliphatic carbocycles. The molecule has 0 aliphatic rings. The number of aryl methyl sites for hydroxylation is 1. The van der Waals surface area contributed by atoms with Crippen molar-refractivity contribution in [2.45, 2.75) is 33.6 Å². The number of benzene rings is 1. The molecule has 1 aromatic carbocycles. The van der Waals surface area contributed by atoms with Crippen LogP contribution in [0.1, 0.15) is 31.9 Å². The van der Waals surface area contributed by atoms with E-state index in [-0.39, 0.29) is 39.3 Å². The van der Waals surface area contributed by atoms with Crippen LogP contribution in [0.4, 0.5) is 14.5 Å². The van der Waals surface area contributed by atoms with Gasteiger partial charge in [-0.2, -0.15) is 4.98 Å². The lowest BCUT2D eigenvalue weighted by atomic mass is 10.1. The number of nitro groups is 1. The monoisotopic (exact) mass is 449 g/mol. The van der Waals surface area contributed by atoms with Gasteiger partial charge in [-0.05, 0) is 24.6 Å². The third-order valence-electron chi connectivity index (χ3n) is 4.32. The van der Waals surface area contributed by atoms with Gasteiger partial charge >= 0.3 is 0 Å². The molecule has 11 heteroatoms. The lowest BCUT2D eigenvalue weighted by molar-refractivity contribution is -0.384. The highest BCUT2D eigenvalue weighted by molar-refractivity contribution is 6.33. The van der Waals surface area contributed by atoms with Crippen molar-refractivity contribution < 1.29 is 18.2 Å². The fraction of sp³-hybridized carbons (Fsp3) is 0.250. The highest BCUT2D eigenvalue weighted by Gasteiger charge is 2.26. The summed E-state index contributed by atoms with van der Waals surface area (Å²) in [4.78, 5) is 18.9. The van der Waals surface area contributed by atoms with Crippen molar-refractivity contribution in [1.29, 1.82) is 0 Å². The first kappa shape index (κ1) is 22.3. The largest absolute Gasteiger partial charge is 0.332 e. The Bertz CT molecular complexity index is 1260. The van der Waals surface area contributed by atoms with E-state index in [1.165, 1.54) is 35.0 Å². The first-order valence-electron chi connectivity index (χ1n) is 9.29. The Morgan fingerprint density at radius 3 is 2.52 bits per heavy atom. The van der Waals surface area contributed by atoms with Gasteiger partial charge in [0, 0.05) is 42.6 Å². The van der Waals surface area contributed by atoms with Crippen LogP contribution in [0.3, 0.4) is 0 Å². The topological polar surface area (TPSA) is 99.4 Å². The first-order valence-corrected chi connectivity index (χ1v) is 9.67. The number of alkyl halides is 2. The zero-order valence-corrected chi connectivity index (χ0v) is 17.8. The number of hydrogen-bond acceptors (Lipinski definition) is 6. The Morgan fingerprint density at radius 2 is 1.90 bits per heavy atom. The van der Waals surface area contributed by atoms with E-state index in [9.17, 15) is 18.9 Å². The Balaban J connectivity index is 0.00000132. The summed E-state index contributed by atoms with van der Waals surface area (Å²) < 4.78 is 33.9. The number of halogens is 3. The second-order valence-electron chi connectivity index (χ2n) is 6.50. The smallest absolute Gasteiger partial charge is 0.278 e. The molecule has 0 bridgehead atoms. The van der Waals surface area contributed by atoms with Crippen LogP contribution >= 0.6 is 11.6 Å². The average Bonchev–Trinajstić information content (AvgIpc) is 3.36. The van der Waals surface area contributed by atoms with E-state index < -0.39 is 10.8 Å². The third-order valence-corrected chi connectivity index (χ3v) is 4.60. The van der Waals surface area contributed by atoms with Gasteiger partial charge in [0.2, 0.25) is 5.82 Å². The molecule has 0 saturated carbocycles. The number of fused-ring (bicyclic) bond motifs is 1. The van der Waals surface area contributed by atoms with Crippen molar-refractivity contribution in [2.24, 2.45) is 0 Å². The lowest BCUT2D eigenvalue weighted by Gasteiger charge is -2.11. The summed E-state index contributed by atoms with van der Waals surface area (Å²) in [5, 5.41) is 14.8. The second-order valence-corrected chi connectivity index (χ2v) is 6.91. The molecule has 4 aromatic rings. The lowest BCUT2D eigenvalue weighted by Crippen LogP contribution is -2.08. The summed E-state index contributed by atoms with van der Waals surface area (Å²) in [6.45, 7) is 6.47. The quantitative estimate of drug-likeness (QED) is 0.277. The molecule has 0 fully saturated rings. The number of rotatable bonds is 4. The Morgan fingerprint density at radius 1 is 1.19 bits per heavy atom. The summed E-state index contributed by atoms with van der Waals surface area (Å²) in [5.41, 5.74) is 1.36. The minimum Gasteiger partial charge on any atom is -0.332 e. The van der Waals surface area contributed by atoms with Gasteiger partial charge in [-0.1, -0.05) is 30.6 Å². The molecular formula is C20H18ClF2N5O3. The minimum absolute atomic E-state index is 0.0477. The molecule has 8 nitrogen and oxygen atoms in total. The Labute approximate surface area is 180 Å². The van der Waals surface area contributed by atoms with Gasteiger partial charge in [0.1, 0.15) is 5.69 Å². The van der Waals surface area contributed by atoms with Gasteiger partial charge in [0.25, 0.3) is 17.5 Å². The van der Waals surface area contributed by atoms with Crippen LogP contribution in [0.2, 0.25) is 5.02 Å². The van der Waals surface area contributed by atoms with Gasteiger partial charge in [-0.3, -0.25) is 10.1 Å². The minimum atomic E-state index is -3.06. The van der Waals surface area contributed by atoms with E-state index in [4.69, 9.17) is 16.1 Å². The van der Waals surface area contributed by atoms with E-state index in [0.717, 1.165) is 13.0 Å². The van der Waals surface area contributed by atoms with E-state index >= 15 is 0 Å². The molecule has 0 aliphatic heterocycles. The predicted molar refractivity (Wildman–Crippen MR) is 111 cm³/mol. The summed E-state index contributed by atoms with van der Waals surface area (Å²) in [6.07, 6.45) is 2.69. The van der Waals surface area contributed by atoms with Gasteiger partial charge < -0.3 is 8.92 Å². The van der Waals surface area contributed by atoms with Gasteiger partial charge in [0.05, 0.1) is 9.95 Å². The van der Waals surface area contributed by atoms with Crippen molar-refractivity contribution in [3.63, 3.8) is 0 Å². The summed E-state index contributed by atoms with van der Waals surface area (Å²) in [5.74, 6) is -2.79. The number of imidazole rings is 1. The molecule has 0 atom stereocenters. The molecule has 4 rings (SSSR count). The SMILES string of the molecule is CC.Cc1cc([N+](=O)[O-])ccc1-c1noc(-c2cn3cc(C(C)(F)F)cc(Cl)c3n2)n1.